The van der Waals surface area contributed by atoms with Crippen molar-refractivity contribution >= 4 is 0 Å². The third-order valence-corrected chi connectivity index (χ3v) is 1.88. The van der Waals surface area contributed by atoms with E-state index < -0.39 is 0 Å². The fourth-order valence-corrected chi connectivity index (χ4v) is 1.16. The summed E-state index contributed by atoms with van der Waals surface area (Å²) in [5, 5.41) is 0. The summed E-state index contributed by atoms with van der Waals surface area (Å²) in [6.07, 6.45) is 0.00454. The third-order valence-electron chi connectivity index (χ3n) is 1.88. The van der Waals surface area contributed by atoms with E-state index in [2.05, 4.69) is 32.9 Å². The molecule has 1 unspecified atom stereocenters. The van der Waals surface area contributed by atoms with E-state index in [9.17, 15) is 0 Å². The Morgan fingerprint density at radius 1 is 1.08 bits per heavy atom. The number of hydrogen-bond donors (Lipinski definition) is 0. The molecule has 0 aliphatic rings. The average Bonchev–Trinajstić information content (AvgIpc) is 2.04. The van der Waals surface area contributed by atoms with Crippen molar-refractivity contribution < 1.29 is 4.74 Å². The Balaban J connectivity index is 2.70. The molecule has 1 aromatic rings. The van der Waals surface area contributed by atoms with Gasteiger partial charge in [0.05, 0.1) is 6.10 Å². The predicted molar refractivity (Wildman–Crippen MR) is 56.0 cm³/mol. The van der Waals surface area contributed by atoms with Crippen molar-refractivity contribution in [2.24, 2.45) is 0 Å². The second kappa shape index (κ2) is 4.31. The van der Waals surface area contributed by atoms with Gasteiger partial charge in [-0.05, 0) is 37.5 Å². The molecule has 0 N–H and O–H groups in total. The minimum absolute atomic E-state index is 0.00454. The number of ether oxygens (including phenoxy) is 1. The molecule has 0 saturated heterocycles. The van der Waals surface area contributed by atoms with E-state index in [-0.39, 0.29) is 6.10 Å². The van der Waals surface area contributed by atoms with Gasteiger partial charge in [-0.1, -0.05) is 26.0 Å². The molecule has 0 bridgehead atoms. The van der Waals surface area contributed by atoms with Crippen LogP contribution >= 0.6 is 0 Å². The highest BCUT2D eigenvalue weighted by Gasteiger charge is 2.00. The van der Waals surface area contributed by atoms with Gasteiger partial charge in [-0.3, -0.25) is 0 Å². The van der Waals surface area contributed by atoms with Crippen LogP contribution in [0.25, 0.3) is 0 Å². The molecule has 71 valence electrons. The highest BCUT2D eigenvalue weighted by molar-refractivity contribution is 5.29. The normalized spacial score (nSPS) is 10.9. The van der Waals surface area contributed by atoms with Crippen LogP contribution in [0.5, 0.6) is 5.75 Å². The van der Waals surface area contributed by atoms with Crippen LogP contribution in [0.3, 0.4) is 0 Å². The first-order chi connectivity index (χ1) is 6.09. The molecule has 1 heteroatoms. The standard InChI is InChI=1S/C12H17O/c1-9(2)11-5-7-12(8-6-11)13-10(3)4/h5-10H,3H2,1-2,4H3. The van der Waals surface area contributed by atoms with E-state index in [4.69, 9.17) is 4.74 Å². The maximum atomic E-state index is 5.44. The second-order valence-electron chi connectivity index (χ2n) is 3.65. The van der Waals surface area contributed by atoms with Crippen molar-refractivity contribution in [3.63, 3.8) is 0 Å². The van der Waals surface area contributed by atoms with Gasteiger partial charge in [0.2, 0.25) is 0 Å². The van der Waals surface area contributed by atoms with Gasteiger partial charge in [0, 0.05) is 0 Å². The van der Waals surface area contributed by atoms with E-state index >= 15 is 0 Å². The van der Waals surface area contributed by atoms with Gasteiger partial charge >= 0.3 is 0 Å². The van der Waals surface area contributed by atoms with Crippen LogP contribution in [0.1, 0.15) is 32.3 Å². The first-order valence-electron chi connectivity index (χ1n) is 4.69. The summed E-state index contributed by atoms with van der Waals surface area (Å²) in [5.41, 5.74) is 1.34. The lowest BCUT2D eigenvalue weighted by Gasteiger charge is -2.10. The first kappa shape index (κ1) is 10.1. The molecular weight excluding hydrogens is 160 g/mol. The molecule has 0 aromatic heterocycles. The maximum absolute atomic E-state index is 5.44. The van der Waals surface area contributed by atoms with Crippen molar-refractivity contribution in [3.8, 4) is 5.75 Å². The van der Waals surface area contributed by atoms with Crippen molar-refractivity contribution in [1.29, 1.82) is 0 Å². The van der Waals surface area contributed by atoms with E-state index in [0.717, 1.165) is 5.75 Å². The van der Waals surface area contributed by atoms with Gasteiger partial charge in [-0.2, -0.15) is 0 Å². The zero-order valence-electron chi connectivity index (χ0n) is 8.58. The summed E-state index contributed by atoms with van der Waals surface area (Å²) in [7, 11) is 0. The Morgan fingerprint density at radius 2 is 1.62 bits per heavy atom. The zero-order chi connectivity index (χ0) is 9.84. The quantitative estimate of drug-likeness (QED) is 0.687. The van der Waals surface area contributed by atoms with Crippen LogP contribution in [0.2, 0.25) is 0 Å². The monoisotopic (exact) mass is 177 g/mol. The third kappa shape index (κ3) is 3.10. The Kier molecular flexibility index (Phi) is 3.35. The highest BCUT2D eigenvalue weighted by Crippen LogP contribution is 2.19. The van der Waals surface area contributed by atoms with Gasteiger partial charge in [0.15, 0.2) is 0 Å². The lowest BCUT2D eigenvalue weighted by molar-refractivity contribution is 0.267. The molecule has 0 aliphatic heterocycles. The van der Waals surface area contributed by atoms with Crippen molar-refractivity contribution in [2.75, 3.05) is 0 Å². The molecule has 1 radical (unpaired) electrons. The average molecular weight is 177 g/mol. The van der Waals surface area contributed by atoms with Crippen LogP contribution in [0.15, 0.2) is 24.3 Å². The van der Waals surface area contributed by atoms with Crippen molar-refractivity contribution in [3.05, 3.63) is 36.8 Å². The van der Waals surface area contributed by atoms with Crippen LogP contribution in [0.4, 0.5) is 0 Å². The molecule has 0 heterocycles. The second-order valence-corrected chi connectivity index (χ2v) is 3.65. The molecule has 13 heavy (non-hydrogen) atoms. The highest BCUT2D eigenvalue weighted by atomic mass is 16.5. The molecule has 1 atom stereocenters. The Labute approximate surface area is 80.7 Å². The van der Waals surface area contributed by atoms with E-state index in [1.807, 2.05) is 19.1 Å². The SMILES string of the molecule is [CH2]C(C)Oc1ccc(C(C)C)cc1. The van der Waals surface area contributed by atoms with E-state index in [0.29, 0.717) is 5.92 Å². The van der Waals surface area contributed by atoms with Crippen LogP contribution in [-0.2, 0) is 0 Å². The van der Waals surface area contributed by atoms with E-state index in [1.165, 1.54) is 5.56 Å². The van der Waals surface area contributed by atoms with Gasteiger partial charge in [-0.25, -0.2) is 0 Å². The maximum Gasteiger partial charge on any atom is 0.119 e. The molecule has 0 fully saturated rings. The van der Waals surface area contributed by atoms with Crippen molar-refractivity contribution in [2.45, 2.75) is 32.8 Å². The minimum atomic E-state index is 0.00454. The first-order valence-corrected chi connectivity index (χ1v) is 4.69. The predicted octanol–water partition coefficient (Wildman–Crippen LogP) is 3.41. The summed E-state index contributed by atoms with van der Waals surface area (Å²) in [6, 6.07) is 8.19. The molecule has 1 aromatic carbocycles. The summed E-state index contributed by atoms with van der Waals surface area (Å²) >= 11 is 0. The lowest BCUT2D eigenvalue weighted by Crippen LogP contribution is -2.05. The fraction of sp³-hybridized carbons (Fsp3) is 0.417. The number of hydrogen-bond acceptors (Lipinski definition) is 1. The van der Waals surface area contributed by atoms with Gasteiger partial charge in [-0.15, -0.1) is 0 Å². The van der Waals surface area contributed by atoms with Gasteiger partial charge in [0.25, 0.3) is 0 Å². The smallest absolute Gasteiger partial charge is 0.119 e. The zero-order valence-corrected chi connectivity index (χ0v) is 8.58. The van der Waals surface area contributed by atoms with Crippen molar-refractivity contribution in [1.82, 2.24) is 0 Å². The summed E-state index contributed by atoms with van der Waals surface area (Å²) in [4.78, 5) is 0. The minimum Gasteiger partial charge on any atom is -0.491 e. The molecular formula is C12H17O. The fourth-order valence-electron chi connectivity index (χ4n) is 1.16. The van der Waals surface area contributed by atoms with Gasteiger partial charge < -0.3 is 4.74 Å². The number of benzene rings is 1. The van der Waals surface area contributed by atoms with Crippen LogP contribution < -0.4 is 4.74 Å². The summed E-state index contributed by atoms with van der Waals surface area (Å²) in [6.45, 7) is 10.1. The van der Waals surface area contributed by atoms with Crippen LogP contribution in [0, 0.1) is 6.92 Å². The molecule has 0 amide bonds. The Bertz CT molecular complexity index is 246. The lowest BCUT2D eigenvalue weighted by atomic mass is 10.0. The summed E-state index contributed by atoms with van der Waals surface area (Å²) < 4.78 is 5.44. The molecule has 0 saturated carbocycles. The molecule has 1 nitrogen and oxygen atoms in total. The topological polar surface area (TPSA) is 9.23 Å². The van der Waals surface area contributed by atoms with Gasteiger partial charge in [0.1, 0.15) is 5.75 Å². The molecule has 0 spiro atoms. The number of rotatable bonds is 3. The largest absolute Gasteiger partial charge is 0.491 e. The Morgan fingerprint density at radius 3 is 2.00 bits per heavy atom. The molecule has 1 rings (SSSR count). The Hall–Kier alpha value is -0.980. The van der Waals surface area contributed by atoms with E-state index in [1.54, 1.807) is 0 Å². The van der Waals surface area contributed by atoms with Crippen LogP contribution in [-0.4, -0.2) is 6.10 Å². The summed E-state index contributed by atoms with van der Waals surface area (Å²) in [5.74, 6) is 1.47. The molecule has 0 aliphatic carbocycles.